The van der Waals surface area contributed by atoms with E-state index >= 15 is 0 Å². The fourth-order valence-corrected chi connectivity index (χ4v) is 3.44. The molecule has 0 fully saturated rings. The molecule has 8 heteroatoms. The number of nitro groups is 1. The Bertz CT molecular complexity index is 974. The first-order valence-corrected chi connectivity index (χ1v) is 9.20. The Balaban J connectivity index is 1.72. The maximum Gasteiger partial charge on any atom is 0.311 e. The monoisotopic (exact) mass is 396 g/mol. The first-order chi connectivity index (χ1) is 13.6. The molecule has 0 spiro atoms. The second-order valence-corrected chi connectivity index (χ2v) is 6.80. The molecule has 7 nitrogen and oxygen atoms in total. The summed E-state index contributed by atoms with van der Waals surface area (Å²) in [6.07, 6.45) is 0.509. The molecule has 1 atom stereocenters. The van der Waals surface area contributed by atoms with Crippen molar-refractivity contribution in [2.24, 2.45) is 0 Å². The predicted molar refractivity (Wildman–Crippen MR) is 105 cm³/mol. The Morgan fingerprint density at radius 1 is 1.18 bits per heavy atom. The van der Waals surface area contributed by atoms with Crippen LogP contribution < -0.4 is 10.1 Å². The van der Waals surface area contributed by atoms with E-state index in [1.807, 2.05) is 47.8 Å². The first kappa shape index (κ1) is 19.2. The number of carbonyl (C=O) groups is 2. The van der Waals surface area contributed by atoms with Gasteiger partial charge in [0.2, 0.25) is 0 Å². The lowest BCUT2D eigenvalue weighted by atomic mass is 10.1. The highest BCUT2D eigenvalue weighted by Crippen LogP contribution is 2.28. The molecule has 0 aliphatic heterocycles. The second kappa shape index (κ2) is 8.92. The van der Waals surface area contributed by atoms with E-state index in [0.717, 1.165) is 16.5 Å². The largest absolute Gasteiger partial charge is 0.477 e. The van der Waals surface area contributed by atoms with Gasteiger partial charge in [0.05, 0.1) is 11.0 Å². The van der Waals surface area contributed by atoms with Crippen LogP contribution in [0.25, 0.3) is 0 Å². The van der Waals surface area contributed by atoms with Crippen LogP contribution in [0, 0.1) is 10.1 Å². The molecule has 0 saturated heterocycles. The van der Waals surface area contributed by atoms with Gasteiger partial charge in [-0.25, -0.2) is 0 Å². The van der Waals surface area contributed by atoms with Crippen LogP contribution in [-0.4, -0.2) is 23.7 Å². The molecule has 0 aliphatic carbocycles. The van der Waals surface area contributed by atoms with Crippen molar-refractivity contribution in [2.75, 3.05) is 6.61 Å². The van der Waals surface area contributed by atoms with Crippen molar-refractivity contribution in [3.05, 3.63) is 92.2 Å². The minimum atomic E-state index is -0.654. The van der Waals surface area contributed by atoms with Crippen LogP contribution in [0.4, 0.5) is 5.69 Å². The number of nitro benzene ring substituents is 1. The zero-order valence-electron chi connectivity index (χ0n) is 14.6. The third kappa shape index (κ3) is 4.60. The molecule has 0 aliphatic rings. The van der Waals surface area contributed by atoms with Gasteiger partial charge in [0.25, 0.3) is 5.91 Å². The summed E-state index contributed by atoms with van der Waals surface area (Å²) >= 11 is 1.51. The van der Waals surface area contributed by atoms with Gasteiger partial charge in [-0.05, 0) is 29.1 Å². The Kier molecular flexibility index (Phi) is 6.13. The molecule has 1 aromatic heterocycles. The summed E-state index contributed by atoms with van der Waals surface area (Å²) in [5.41, 5.74) is 0.709. The molecule has 0 saturated carbocycles. The van der Waals surface area contributed by atoms with E-state index < -0.39 is 17.4 Å². The van der Waals surface area contributed by atoms with E-state index in [2.05, 4.69) is 5.32 Å². The summed E-state index contributed by atoms with van der Waals surface area (Å²) in [5, 5.41) is 16.0. The van der Waals surface area contributed by atoms with Gasteiger partial charge in [-0.1, -0.05) is 36.4 Å². The molecule has 28 heavy (non-hydrogen) atoms. The van der Waals surface area contributed by atoms with Gasteiger partial charge in [0.1, 0.15) is 6.29 Å². The number of rotatable bonds is 8. The number of aldehydes is 1. The summed E-state index contributed by atoms with van der Waals surface area (Å²) < 4.78 is 5.35. The molecule has 142 valence electrons. The smallest absolute Gasteiger partial charge is 0.311 e. The lowest BCUT2D eigenvalue weighted by Gasteiger charge is -2.18. The van der Waals surface area contributed by atoms with E-state index in [9.17, 15) is 19.7 Å². The van der Waals surface area contributed by atoms with Crippen molar-refractivity contribution in [3.63, 3.8) is 0 Å². The molecule has 1 heterocycles. The summed E-state index contributed by atoms with van der Waals surface area (Å²) in [6, 6.07) is 16.8. The maximum absolute atomic E-state index is 12.4. The molecular weight excluding hydrogens is 380 g/mol. The highest BCUT2D eigenvalue weighted by Gasteiger charge is 2.20. The molecule has 1 amide bonds. The molecule has 2 aromatic carbocycles. The highest BCUT2D eigenvalue weighted by molar-refractivity contribution is 7.10. The van der Waals surface area contributed by atoms with Gasteiger partial charge >= 0.3 is 5.69 Å². The normalized spacial score (nSPS) is 11.4. The third-order valence-electron chi connectivity index (χ3n) is 3.94. The summed E-state index contributed by atoms with van der Waals surface area (Å²) in [5.74, 6) is -0.492. The van der Waals surface area contributed by atoms with Crippen LogP contribution in [0.2, 0.25) is 0 Å². The van der Waals surface area contributed by atoms with Crippen LogP contribution in [0.5, 0.6) is 5.75 Å². The van der Waals surface area contributed by atoms with Crippen molar-refractivity contribution < 1.29 is 19.2 Å². The number of hydrogen-bond donors (Lipinski definition) is 1. The lowest BCUT2D eigenvalue weighted by molar-refractivity contribution is -0.385. The lowest BCUT2D eigenvalue weighted by Crippen LogP contribution is -2.33. The number of thiophene rings is 1. The summed E-state index contributed by atoms with van der Waals surface area (Å²) in [7, 11) is 0. The quantitative estimate of drug-likeness (QED) is 0.355. The van der Waals surface area contributed by atoms with E-state index in [0.29, 0.717) is 6.29 Å². The van der Waals surface area contributed by atoms with Crippen LogP contribution in [0.3, 0.4) is 0 Å². The van der Waals surface area contributed by atoms with E-state index in [4.69, 9.17) is 4.74 Å². The van der Waals surface area contributed by atoms with Gasteiger partial charge in [-0.3, -0.25) is 19.7 Å². The van der Waals surface area contributed by atoms with Crippen molar-refractivity contribution >= 4 is 29.2 Å². The molecule has 1 N–H and O–H groups in total. The first-order valence-electron chi connectivity index (χ1n) is 8.32. The number of nitrogens with one attached hydrogen (secondary N) is 1. The van der Waals surface area contributed by atoms with Crippen LogP contribution in [0.15, 0.2) is 66.0 Å². The third-order valence-corrected chi connectivity index (χ3v) is 4.88. The average Bonchev–Trinajstić information content (AvgIpc) is 3.25. The van der Waals surface area contributed by atoms with E-state index in [1.54, 1.807) is 0 Å². The molecular formula is C20H16N2O5S. The molecule has 0 bridgehead atoms. The van der Waals surface area contributed by atoms with Gasteiger partial charge in [0, 0.05) is 16.5 Å². The maximum atomic E-state index is 12.4. The van der Waals surface area contributed by atoms with Gasteiger partial charge in [-0.2, -0.15) is 0 Å². The van der Waals surface area contributed by atoms with Crippen LogP contribution in [-0.2, 0) is 4.79 Å². The van der Waals surface area contributed by atoms with E-state index in [-0.39, 0.29) is 23.0 Å². The highest BCUT2D eigenvalue weighted by atomic mass is 32.1. The zero-order valence-corrected chi connectivity index (χ0v) is 15.4. The topological polar surface area (TPSA) is 98.5 Å². The van der Waals surface area contributed by atoms with Crippen molar-refractivity contribution in [2.45, 2.75) is 6.04 Å². The number of amides is 1. The molecule has 0 radical (unpaired) electrons. The standard InChI is InChI=1S/C20H16N2O5S/c23-12-14-8-9-17(16(11-14)22(25)26)27-13-19(24)21-20(18-7-4-10-28-18)15-5-2-1-3-6-15/h1-12,20H,13H2,(H,21,24)/t20-/m1/s1. The van der Waals surface area contributed by atoms with Gasteiger partial charge in [0.15, 0.2) is 12.4 Å². The molecule has 0 unspecified atom stereocenters. The zero-order chi connectivity index (χ0) is 19.9. The number of nitrogens with zero attached hydrogens (tertiary/aromatic N) is 1. The van der Waals surface area contributed by atoms with Crippen molar-refractivity contribution in [1.82, 2.24) is 5.32 Å². The number of carbonyl (C=O) groups excluding carboxylic acids is 2. The Labute approximate surface area is 164 Å². The predicted octanol–water partition coefficient (Wildman–Crippen LogP) is 3.75. The fourth-order valence-electron chi connectivity index (χ4n) is 2.64. The fraction of sp³-hybridized carbons (Fsp3) is 0.100. The van der Waals surface area contributed by atoms with Crippen LogP contribution in [0.1, 0.15) is 26.8 Å². The van der Waals surface area contributed by atoms with Crippen LogP contribution >= 0.6 is 11.3 Å². The average molecular weight is 396 g/mol. The summed E-state index contributed by atoms with van der Waals surface area (Å²) in [6.45, 7) is -0.393. The second-order valence-electron chi connectivity index (χ2n) is 5.82. The van der Waals surface area contributed by atoms with Crippen molar-refractivity contribution in [1.29, 1.82) is 0 Å². The Morgan fingerprint density at radius 2 is 1.96 bits per heavy atom. The molecule has 3 aromatic rings. The van der Waals surface area contributed by atoms with Gasteiger partial charge in [-0.15, -0.1) is 11.3 Å². The number of hydrogen-bond acceptors (Lipinski definition) is 6. The number of ether oxygens (including phenoxy) is 1. The van der Waals surface area contributed by atoms with E-state index in [1.165, 1.54) is 23.5 Å². The van der Waals surface area contributed by atoms with Gasteiger partial charge < -0.3 is 10.1 Å². The Hall–Kier alpha value is -3.52. The minimum absolute atomic E-state index is 0.0712. The molecule has 3 rings (SSSR count). The summed E-state index contributed by atoms with van der Waals surface area (Å²) in [4.78, 5) is 34.7. The number of benzene rings is 2. The SMILES string of the molecule is O=Cc1ccc(OCC(=O)N[C@H](c2ccccc2)c2cccs2)c([N+](=O)[O-])c1. The Morgan fingerprint density at radius 3 is 2.61 bits per heavy atom. The minimum Gasteiger partial charge on any atom is -0.477 e. The van der Waals surface area contributed by atoms with Crippen molar-refractivity contribution in [3.8, 4) is 5.75 Å².